The van der Waals surface area contributed by atoms with Crippen LogP contribution in [0.15, 0.2) is 65.2 Å². The number of nitrogens with two attached hydrogens (primary N) is 1. The lowest BCUT2D eigenvalue weighted by atomic mass is 10.1. The molecule has 2 amide bonds. The molecule has 0 aliphatic carbocycles. The second-order valence-corrected chi connectivity index (χ2v) is 7.17. The second-order valence-electron chi connectivity index (χ2n) is 5.57. The van der Waals surface area contributed by atoms with Gasteiger partial charge in [-0.15, -0.1) is 0 Å². The predicted octanol–water partition coefficient (Wildman–Crippen LogP) is 3.25. The molecule has 26 heavy (non-hydrogen) atoms. The van der Waals surface area contributed by atoms with Gasteiger partial charge in [-0.1, -0.05) is 59.8 Å². The van der Waals surface area contributed by atoms with Crippen molar-refractivity contribution in [3.05, 3.63) is 75.8 Å². The number of carbonyl (C=O) groups excluding carboxylic acids is 2. The Balaban J connectivity index is 2.04. The first-order valence-electron chi connectivity index (χ1n) is 7.76. The van der Waals surface area contributed by atoms with Crippen LogP contribution >= 0.6 is 23.4 Å². The summed E-state index contributed by atoms with van der Waals surface area (Å²) in [5.41, 5.74) is 6.52. The van der Waals surface area contributed by atoms with Crippen molar-refractivity contribution in [1.29, 1.82) is 5.26 Å². The maximum atomic E-state index is 13.0. The SMILES string of the molecule is N#C/C(C(N)=O)=C1/S[C@H](Cc2ccccc2Cl)C(=O)N1c1ccccc1. The molecule has 1 aliphatic heterocycles. The fourth-order valence-electron chi connectivity index (χ4n) is 2.68. The molecule has 1 saturated heterocycles. The summed E-state index contributed by atoms with van der Waals surface area (Å²) in [5.74, 6) is -1.08. The summed E-state index contributed by atoms with van der Waals surface area (Å²) in [7, 11) is 0. The van der Waals surface area contributed by atoms with E-state index in [1.165, 1.54) is 4.90 Å². The molecule has 1 atom stereocenters. The molecule has 2 N–H and O–H groups in total. The third kappa shape index (κ3) is 3.45. The zero-order valence-corrected chi connectivity index (χ0v) is 15.1. The van der Waals surface area contributed by atoms with Crippen LogP contribution in [-0.4, -0.2) is 17.1 Å². The van der Waals surface area contributed by atoms with Crippen LogP contribution in [0.5, 0.6) is 0 Å². The molecule has 7 heteroatoms. The zero-order chi connectivity index (χ0) is 18.7. The average Bonchev–Trinajstić information content (AvgIpc) is 2.94. The quantitative estimate of drug-likeness (QED) is 0.648. The maximum Gasteiger partial charge on any atom is 0.262 e. The van der Waals surface area contributed by atoms with E-state index in [9.17, 15) is 14.9 Å². The molecule has 3 rings (SSSR count). The Morgan fingerprint density at radius 3 is 2.46 bits per heavy atom. The Hall–Kier alpha value is -2.75. The lowest BCUT2D eigenvalue weighted by molar-refractivity contribution is -0.117. The van der Waals surface area contributed by atoms with Crippen LogP contribution in [0.25, 0.3) is 0 Å². The van der Waals surface area contributed by atoms with Crippen molar-refractivity contribution >= 4 is 40.9 Å². The van der Waals surface area contributed by atoms with Gasteiger partial charge in [-0.05, 0) is 30.2 Å². The summed E-state index contributed by atoms with van der Waals surface area (Å²) in [5, 5.41) is 9.67. The first kappa shape index (κ1) is 18.1. The molecule has 1 heterocycles. The van der Waals surface area contributed by atoms with Crippen LogP contribution in [0.1, 0.15) is 5.56 Å². The van der Waals surface area contributed by atoms with Gasteiger partial charge in [-0.2, -0.15) is 5.26 Å². The molecule has 2 aromatic carbocycles. The summed E-state index contributed by atoms with van der Waals surface area (Å²) in [6.45, 7) is 0. The van der Waals surface area contributed by atoms with E-state index in [0.717, 1.165) is 17.3 Å². The Morgan fingerprint density at radius 2 is 1.85 bits per heavy atom. The van der Waals surface area contributed by atoms with Crippen LogP contribution in [0.2, 0.25) is 5.02 Å². The normalized spacial score (nSPS) is 18.5. The van der Waals surface area contributed by atoms with Crippen molar-refractivity contribution in [1.82, 2.24) is 0 Å². The molecule has 0 unspecified atom stereocenters. The fourth-order valence-corrected chi connectivity index (χ4v) is 4.19. The largest absolute Gasteiger partial charge is 0.365 e. The molecule has 1 fully saturated rings. The van der Waals surface area contributed by atoms with Gasteiger partial charge >= 0.3 is 0 Å². The standard InChI is InChI=1S/C19H14ClN3O2S/c20-15-9-5-4-6-12(15)10-16-18(25)23(13-7-2-1-3-8-13)19(26-16)14(11-21)17(22)24/h1-9,16H,10H2,(H2,22,24)/b19-14-/t16-/m1/s1. The van der Waals surface area contributed by atoms with Gasteiger partial charge in [-0.25, -0.2) is 0 Å². The van der Waals surface area contributed by atoms with Crippen molar-refractivity contribution < 1.29 is 9.59 Å². The van der Waals surface area contributed by atoms with E-state index >= 15 is 0 Å². The summed E-state index contributed by atoms with van der Waals surface area (Å²) in [6.07, 6.45) is 0.382. The number of thioether (sulfide) groups is 1. The highest BCUT2D eigenvalue weighted by molar-refractivity contribution is 8.05. The Labute approximate surface area is 160 Å². The smallest absolute Gasteiger partial charge is 0.262 e. The first-order valence-corrected chi connectivity index (χ1v) is 9.02. The van der Waals surface area contributed by atoms with Crippen LogP contribution in [0.4, 0.5) is 5.69 Å². The molecule has 130 valence electrons. The van der Waals surface area contributed by atoms with Crippen LogP contribution in [-0.2, 0) is 16.0 Å². The highest BCUT2D eigenvalue weighted by Gasteiger charge is 2.40. The number of amides is 2. The molecule has 0 spiro atoms. The van der Waals surface area contributed by atoms with Gasteiger partial charge in [0.2, 0.25) is 5.91 Å². The Kier molecular flexibility index (Phi) is 5.31. The number of hydrogen-bond acceptors (Lipinski definition) is 4. The monoisotopic (exact) mass is 383 g/mol. The highest BCUT2D eigenvalue weighted by Crippen LogP contribution is 2.42. The fraction of sp³-hybridized carbons (Fsp3) is 0.105. The molecule has 2 aromatic rings. The molecule has 0 saturated carbocycles. The number of nitrogens with zero attached hydrogens (tertiary/aromatic N) is 2. The number of nitriles is 1. The minimum Gasteiger partial charge on any atom is -0.365 e. The number of hydrogen-bond donors (Lipinski definition) is 1. The topological polar surface area (TPSA) is 87.2 Å². The third-order valence-electron chi connectivity index (χ3n) is 3.90. The molecule has 0 bridgehead atoms. The highest BCUT2D eigenvalue weighted by atomic mass is 35.5. The van der Waals surface area contributed by atoms with E-state index in [0.29, 0.717) is 17.1 Å². The molecule has 0 radical (unpaired) electrons. The van der Waals surface area contributed by atoms with Crippen molar-refractivity contribution in [3.63, 3.8) is 0 Å². The number of halogens is 1. The second kappa shape index (κ2) is 7.65. The third-order valence-corrected chi connectivity index (χ3v) is 5.53. The number of benzene rings is 2. The van der Waals surface area contributed by atoms with Gasteiger partial charge < -0.3 is 5.73 Å². The van der Waals surface area contributed by atoms with Crippen LogP contribution in [0.3, 0.4) is 0 Å². The van der Waals surface area contributed by atoms with Gasteiger partial charge in [0.05, 0.1) is 5.25 Å². The summed E-state index contributed by atoms with van der Waals surface area (Å²) < 4.78 is 0. The van der Waals surface area contributed by atoms with Crippen LogP contribution < -0.4 is 10.6 Å². The maximum absolute atomic E-state index is 13.0. The van der Waals surface area contributed by atoms with E-state index in [1.807, 2.05) is 30.3 Å². The lowest BCUT2D eigenvalue weighted by Gasteiger charge is -2.18. The van der Waals surface area contributed by atoms with Gasteiger partial charge in [0, 0.05) is 10.7 Å². The molecule has 5 nitrogen and oxygen atoms in total. The van der Waals surface area contributed by atoms with E-state index in [2.05, 4.69) is 0 Å². The summed E-state index contributed by atoms with van der Waals surface area (Å²) in [6, 6.07) is 18.0. The lowest BCUT2D eigenvalue weighted by Crippen LogP contribution is -2.31. The van der Waals surface area contributed by atoms with Crippen molar-refractivity contribution in [2.45, 2.75) is 11.7 Å². The minimum absolute atomic E-state index is 0.217. The Bertz CT molecular complexity index is 937. The van der Waals surface area contributed by atoms with Gasteiger partial charge in [0.15, 0.2) is 0 Å². The van der Waals surface area contributed by atoms with Crippen molar-refractivity contribution in [2.75, 3.05) is 4.90 Å². The number of anilines is 1. The van der Waals surface area contributed by atoms with Crippen molar-refractivity contribution in [3.8, 4) is 6.07 Å². The van der Waals surface area contributed by atoms with E-state index in [4.69, 9.17) is 17.3 Å². The number of carbonyl (C=O) groups is 2. The molecule has 1 aliphatic rings. The average molecular weight is 384 g/mol. The predicted molar refractivity (Wildman–Crippen MR) is 102 cm³/mol. The van der Waals surface area contributed by atoms with Crippen LogP contribution in [0, 0.1) is 11.3 Å². The number of para-hydroxylation sites is 1. The number of primary amides is 1. The molecule has 0 aromatic heterocycles. The van der Waals surface area contributed by atoms with Crippen molar-refractivity contribution in [2.24, 2.45) is 5.73 Å². The van der Waals surface area contributed by atoms with Gasteiger partial charge in [-0.3, -0.25) is 14.5 Å². The Morgan fingerprint density at radius 1 is 1.19 bits per heavy atom. The number of rotatable bonds is 4. The minimum atomic E-state index is -0.859. The van der Waals surface area contributed by atoms with Gasteiger partial charge in [0.25, 0.3) is 5.91 Å². The van der Waals surface area contributed by atoms with E-state index in [-0.39, 0.29) is 16.5 Å². The molecular formula is C19H14ClN3O2S. The molecular weight excluding hydrogens is 370 g/mol. The summed E-state index contributed by atoms with van der Waals surface area (Å²) in [4.78, 5) is 26.1. The van der Waals surface area contributed by atoms with Gasteiger partial charge in [0.1, 0.15) is 16.7 Å². The summed E-state index contributed by atoms with van der Waals surface area (Å²) >= 11 is 7.37. The van der Waals surface area contributed by atoms with E-state index < -0.39 is 11.2 Å². The first-order chi connectivity index (χ1) is 12.5. The zero-order valence-electron chi connectivity index (χ0n) is 13.6. The van der Waals surface area contributed by atoms with E-state index in [1.54, 1.807) is 30.3 Å².